The molecular formula is HGe2I5. The van der Waals surface area contributed by atoms with Gasteiger partial charge in [0.1, 0.15) is 0 Å². The Morgan fingerprint density at radius 1 is 1.00 bits per heavy atom. The van der Waals surface area contributed by atoms with Crippen molar-refractivity contribution < 1.29 is 0 Å². The molecule has 7 heteroatoms. The van der Waals surface area contributed by atoms with Crippen LogP contribution in [0.1, 0.15) is 0 Å². The summed E-state index contributed by atoms with van der Waals surface area (Å²) in [5, 5.41) is 0. The number of hydrogen-bond acceptors (Lipinski definition) is 0. The van der Waals surface area contributed by atoms with Crippen LogP contribution in [-0.4, -0.2) is 13.2 Å². The molecule has 0 saturated heterocycles. The summed E-state index contributed by atoms with van der Waals surface area (Å²) < 4.78 is -0.423. The number of halogens is 5. The van der Waals surface area contributed by atoms with E-state index in [0.717, 1.165) is 0 Å². The summed E-state index contributed by atoms with van der Waals surface area (Å²) in [5.41, 5.74) is 0. The zero-order valence-corrected chi connectivity index (χ0v) is 18.3. The van der Waals surface area contributed by atoms with Gasteiger partial charge in [0, 0.05) is 0 Å². The summed E-state index contributed by atoms with van der Waals surface area (Å²) in [6.45, 7) is 0. The van der Waals surface area contributed by atoms with Crippen molar-refractivity contribution in [1.82, 2.24) is 0 Å². The Balaban J connectivity index is 0. The van der Waals surface area contributed by atoms with Crippen LogP contribution >= 0.6 is 101 Å². The van der Waals surface area contributed by atoms with Crippen molar-refractivity contribution in [2.75, 3.05) is 0 Å². The van der Waals surface area contributed by atoms with Crippen molar-refractivity contribution in [1.29, 1.82) is 0 Å². The van der Waals surface area contributed by atoms with Gasteiger partial charge in [0.2, 0.25) is 0 Å². The Morgan fingerprint density at radius 2 is 1.00 bits per heavy atom. The van der Waals surface area contributed by atoms with Crippen molar-refractivity contribution in [2.24, 2.45) is 0 Å². The van der Waals surface area contributed by atoms with Gasteiger partial charge < -0.3 is 0 Å². The molecule has 0 rings (SSSR count). The van der Waals surface area contributed by atoms with Gasteiger partial charge in [-0.15, -0.1) is 0 Å². The topological polar surface area (TPSA) is 0 Å². The monoisotopic (exact) mass is 783 g/mol. The van der Waals surface area contributed by atoms with Crippen molar-refractivity contribution >= 4 is 114 Å². The zero-order valence-electron chi connectivity index (χ0n) is 2.97. The molecule has 0 saturated carbocycles. The second-order valence-electron chi connectivity index (χ2n) is 0.297. The van der Waals surface area contributed by atoms with E-state index in [2.05, 4.69) is 101 Å². The van der Waals surface area contributed by atoms with Gasteiger partial charge in [0.25, 0.3) is 0 Å². The van der Waals surface area contributed by atoms with Gasteiger partial charge in [0.05, 0.1) is 0 Å². The van der Waals surface area contributed by atoms with Gasteiger partial charge in [-0.05, 0) is 0 Å². The molecule has 0 aliphatic heterocycles. The summed E-state index contributed by atoms with van der Waals surface area (Å²) in [4.78, 5) is 0. The third kappa shape index (κ3) is 36.5. The molecule has 0 aromatic rings. The molecule has 0 aliphatic rings. The molecule has 0 bridgehead atoms. The molecule has 0 atom stereocenters. The molecule has 0 heterocycles. The van der Waals surface area contributed by atoms with E-state index in [1.54, 1.807) is 0 Å². The predicted molar refractivity (Wildman–Crippen MR) is 83.0 cm³/mol. The first-order valence-electron chi connectivity index (χ1n) is 1.00. The van der Waals surface area contributed by atoms with Crippen LogP contribution in [0.2, 0.25) is 0 Å². The standard InChI is InChI=1S/GeI3.GeHI2/c2-1(3)4;2-1-3/h;1H. The fraction of sp³-hybridized carbons (Fsp3) is 0. The zero-order chi connectivity index (χ0) is 6.28. The molecule has 0 N–H and O–H groups in total. The second-order valence-corrected chi connectivity index (χ2v) is 69.4. The minimum absolute atomic E-state index is 0.252. The summed E-state index contributed by atoms with van der Waals surface area (Å²) in [7, 11) is 0.252. The SMILES string of the molecule is [I][GeH][I].[I][Ge]([I])[I]. The summed E-state index contributed by atoms with van der Waals surface area (Å²) in [6, 6.07) is 0. The maximum atomic E-state index is 2.48. The minimum atomic E-state index is -0.423. The van der Waals surface area contributed by atoms with Crippen LogP contribution in [0.3, 0.4) is 0 Å². The van der Waals surface area contributed by atoms with Crippen molar-refractivity contribution in [3.8, 4) is 0 Å². The quantitative estimate of drug-likeness (QED) is 0.262. The van der Waals surface area contributed by atoms with Crippen LogP contribution in [0.4, 0.5) is 0 Å². The first kappa shape index (κ1) is 14.3. The van der Waals surface area contributed by atoms with Crippen molar-refractivity contribution in [3.05, 3.63) is 0 Å². The molecule has 0 fully saturated rings. The van der Waals surface area contributed by atoms with Gasteiger partial charge in [-0.25, -0.2) is 0 Å². The molecule has 0 aliphatic carbocycles. The first-order valence-corrected chi connectivity index (χ1v) is 35.0. The normalized spacial score (nSPS) is 7.71. The molecule has 0 unspecified atom stereocenters. The number of rotatable bonds is 0. The van der Waals surface area contributed by atoms with Crippen molar-refractivity contribution in [2.45, 2.75) is 0 Å². The fourth-order valence-corrected chi connectivity index (χ4v) is 0. The molecule has 2 radical (unpaired) electrons. The molecule has 0 aromatic heterocycles. The molecule has 7 heavy (non-hydrogen) atoms. The van der Waals surface area contributed by atoms with Gasteiger partial charge in [-0.3, -0.25) is 0 Å². The molecule has 0 amide bonds. The van der Waals surface area contributed by atoms with Crippen LogP contribution in [0, 0.1) is 0 Å². The van der Waals surface area contributed by atoms with Crippen LogP contribution in [0.5, 0.6) is 0 Å². The van der Waals surface area contributed by atoms with Crippen LogP contribution in [0.15, 0.2) is 0 Å². The van der Waals surface area contributed by atoms with Gasteiger partial charge in [-0.2, -0.15) is 0 Å². The summed E-state index contributed by atoms with van der Waals surface area (Å²) in [5.74, 6) is 0. The second kappa shape index (κ2) is 13.3. The first-order chi connectivity index (χ1) is 3.15. The van der Waals surface area contributed by atoms with E-state index in [-0.39, 0.29) is 8.81 Å². The Hall–Kier alpha value is 4.74. The van der Waals surface area contributed by atoms with E-state index in [4.69, 9.17) is 0 Å². The molecule has 0 aromatic carbocycles. The third-order valence-corrected chi connectivity index (χ3v) is 0. The van der Waals surface area contributed by atoms with E-state index in [9.17, 15) is 0 Å². The summed E-state index contributed by atoms with van der Waals surface area (Å²) >= 11 is 12.3. The van der Waals surface area contributed by atoms with Crippen LogP contribution in [0.25, 0.3) is 0 Å². The molecule has 0 nitrogen and oxygen atoms in total. The van der Waals surface area contributed by atoms with E-state index >= 15 is 0 Å². The number of hydrogen-bond donors (Lipinski definition) is 0. The predicted octanol–water partition coefficient (Wildman–Crippen LogP) is 3.40. The molecule has 44 valence electrons. The molecule has 0 spiro atoms. The van der Waals surface area contributed by atoms with Crippen molar-refractivity contribution in [3.63, 3.8) is 0 Å². The van der Waals surface area contributed by atoms with Gasteiger partial charge in [0.15, 0.2) is 0 Å². The van der Waals surface area contributed by atoms with Gasteiger partial charge in [-0.1, -0.05) is 0 Å². The third-order valence-electron chi connectivity index (χ3n) is 0. The van der Waals surface area contributed by atoms with E-state index in [1.165, 1.54) is 0 Å². The maximum absolute atomic E-state index is 2.48. The fourth-order valence-electron chi connectivity index (χ4n) is 0. The van der Waals surface area contributed by atoms with E-state index in [1.807, 2.05) is 0 Å². The van der Waals surface area contributed by atoms with E-state index < -0.39 is 4.42 Å². The average molecular weight is 781 g/mol. The van der Waals surface area contributed by atoms with Crippen LogP contribution < -0.4 is 0 Å². The Morgan fingerprint density at radius 3 is 1.00 bits per heavy atom. The Labute approximate surface area is 111 Å². The van der Waals surface area contributed by atoms with Crippen LogP contribution in [-0.2, 0) is 0 Å². The Bertz CT molecular complexity index is 17.3. The van der Waals surface area contributed by atoms with Gasteiger partial charge >= 0.3 is 114 Å². The Kier molecular flexibility index (Phi) is 27.2. The molecular weight excluding hydrogens is 780 g/mol. The summed E-state index contributed by atoms with van der Waals surface area (Å²) in [6.07, 6.45) is 0. The van der Waals surface area contributed by atoms with E-state index in [0.29, 0.717) is 0 Å². The average Bonchev–Trinajstić information content (AvgIpc) is 1.33.